The Balaban J connectivity index is 1.38. The zero-order chi connectivity index (χ0) is 20.8. The summed E-state index contributed by atoms with van der Waals surface area (Å²) < 4.78 is 17.2. The zero-order valence-electron chi connectivity index (χ0n) is 17.2. The minimum absolute atomic E-state index is 0.223. The molecular formula is C23H27FN4OS. The number of anilines is 3. The van der Waals surface area contributed by atoms with Crippen molar-refractivity contribution in [2.45, 2.75) is 50.2 Å². The number of aromatic nitrogens is 1. The summed E-state index contributed by atoms with van der Waals surface area (Å²) in [5, 5.41) is 2.75. The summed E-state index contributed by atoms with van der Waals surface area (Å²) in [5.41, 5.74) is 3.11. The molecule has 0 bridgehead atoms. The first-order valence-corrected chi connectivity index (χ1v) is 11.5. The molecule has 2 heterocycles. The van der Waals surface area contributed by atoms with Crippen molar-refractivity contribution in [2.75, 3.05) is 28.0 Å². The lowest BCUT2D eigenvalue weighted by atomic mass is 9.93. The Kier molecular flexibility index (Phi) is 4.88. The van der Waals surface area contributed by atoms with Crippen LogP contribution in [0.25, 0.3) is 0 Å². The van der Waals surface area contributed by atoms with E-state index in [-0.39, 0.29) is 11.7 Å². The number of pyridine rings is 1. The van der Waals surface area contributed by atoms with E-state index in [1.165, 1.54) is 44.6 Å². The third-order valence-corrected chi connectivity index (χ3v) is 7.93. The summed E-state index contributed by atoms with van der Waals surface area (Å²) in [7, 11) is 0. The van der Waals surface area contributed by atoms with Crippen LogP contribution in [0.1, 0.15) is 55.8 Å². The predicted molar refractivity (Wildman–Crippen MR) is 121 cm³/mol. The molecule has 1 spiro atoms. The molecule has 0 unspecified atom stereocenters. The van der Waals surface area contributed by atoms with Crippen LogP contribution in [-0.2, 0) is 0 Å². The SMILES string of the molecule is CC1(SNc2ccc(C(=O)Nc3cccc(F)n3)c(N3CCC4(CC3)CC4)c2)CC1. The van der Waals surface area contributed by atoms with Crippen LogP contribution in [0.2, 0.25) is 0 Å². The van der Waals surface area contributed by atoms with E-state index in [0.717, 1.165) is 24.5 Å². The minimum atomic E-state index is -0.607. The van der Waals surface area contributed by atoms with E-state index in [1.807, 2.05) is 12.1 Å². The molecule has 1 amide bonds. The highest BCUT2D eigenvalue weighted by Crippen LogP contribution is 2.54. The second-order valence-electron chi connectivity index (χ2n) is 9.17. The molecular weight excluding hydrogens is 399 g/mol. The molecule has 0 atom stereocenters. The lowest BCUT2D eigenvalue weighted by molar-refractivity contribution is 0.102. The largest absolute Gasteiger partial charge is 0.371 e. The Labute approximate surface area is 181 Å². The summed E-state index contributed by atoms with van der Waals surface area (Å²) in [6, 6.07) is 10.3. The zero-order valence-corrected chi connectivity index (χ0v) is 18.0. The van der Waals surface area contributed by atoms with Crippen LogP contribution in [0.4, 0.5) is 21.6 Å². The van der Waals surface area contributed by atoms with E-state index in [0.29, 0.717) is 15.7 Å². The van der Waals surface area contributed by atoms with Gasteiger partial charge in [0, 0.05) is 23.5 Å². The average molecular weight is 427 g/mol. The fraction of sp³-hybridized carbons (Fsp3) is 0.478. The number of piperidine rings is 1. The number of nitrogens with one attached hydrogen (secondary N) is 2. The molecule has 2 aromatic rings. The number of amides is 1. The summed E-state index contributed by atoms with van der Waals surface area (Å²) in [5.74, 6) is -0.645. The fourth-order valence-corrected chi connectivity index (χ4v) is 4.87. The molecule has 7 heteroatoms. The van der Waals surface area contributed by atoms with Gasteiger partial charge < -0.3 is 14.9 Å². The number of halogens is 1. The van der Waals surface area contributed by atoms with Gasteiger partial charge in [-0.2, -0.15) is 4.39 Å². The molecule has 5 rings (SSSR count). The van der Waals surface area contributed by atoms with Gasteiger partial charge in [0.05, 0.1) is 11.3 Å². The maximum absolute atomic E-state index is 13.4. The number of benzene rings is 1. The Morgan fingerprint density at radius 2 is 1.87 bits per heavy atom. The highest BCUT2D eigenvalue weighted by atomic mass is 32.2. The lowest BCUT2D eigenvalue weighted by Gasteiger charge is -2.35. The molecule has 2 aliphatic carbocycles. The van der Waals surface area contributed by atoms with Gasteiger partial charge in [-0.3, -0.25) is 4.79 Å². The Bertz CT molecular complexity index is 963. The van der Waals surface area contributed by atoms with E-state index in [4.69, 9.17) is 0 Å². The van der Waals surface area contributed by atoms with Crippen molar-refractivity contribution in [3.63, 3.8) is 0 Å². The Morgan fingerprint density at radius 1 is 1.10 bits per heavy atom. The quantitative estimate of drug-likeness (QED) is 0.474. The van der Waals surface area contributed by atoms with Crippen LogP contribution in [0, 0.1) is 11.4 Å². The average Bonchev–Trinajstić information content (AvgIpc) is 3.66. The van der Waals surface area contributed by atoms with Gasteiger partial charge in [0.25, 0.3) is 5.91 Å². The highest BCUT2D eigenvalue weighted by molar-refractivity contribution is 8.02. The van der Waals surface area contributed by atoms with Crippen molar-refractivity contribution in [3.05, 3.63) is 47.9 Å². The molecule has 1 aliphatic heterocycles. The van der Waals surface area contributed by atoms with Crippen molar-refractivity contribution in [2.24, 2.45) is 5.41 Å². The first-order valence-electron chi connectivity index (χ1n) is 10.7. The maximum Gasteiger partial charge on any atom is 0.258 e. The van der Waals surface area contributed by atoms with E-state index in [2.05, 4.69) is 32.9 Å². The van der Waals surface area contributed by atoms with Crippen molar-refractivity contribution < 1.29 is 9.18 Å². The van der Waals surface area contributed by atoms with E-state index < -0.39 is 5.95 Å². The van der Waals surface area contributed by atoms with Crippen LogP contribution in [0.15, 0.2) is 36.4 Å². The van der Waals surface area contributed by atoms with Gasteiger partial charge in [0.2, 0.25) is 5.95 Å². The molecule has 5 nitrogen and oxygen atoms in total. The van der Waals surface area contributed by atoms with Crippen LogP contribution >= 0.6 is 11.9 Å². The number of hydrogen-bond acceptors (Lipinski definition) is 5. The minimum Gasteiger partial charge on any atom is -0.371 e. The van der Waals surface area contributed by atoms with Crippen molar-refractivity contribution >= 4 is 35.0 Å². The van der Waals surface area contributed by atoms with Crippen molar-refractivity contribution in [1.82, 2.24) is 4.98 Å². The number of nitrogens with zero attached hydrogens (tertiary/aromatic N) is 2. The van der Waals surface area contributed by atoms with E-state index >= 15 is 0 Å². The second-order valence-corrected chi connectivity index (χ2v) is 10.6. The smallest absolute Gasteiger partial charge is 0.258 e. The summed E-state index contributed by atoms with van der Waals surface area (Å²) in [6.45, 7) is 4.19. The van der Waals surface area contributed by atoms with Gasteiger partial charge in [0.15, 0.2) is 0 Å². The van der Waals surface area contributed by atoms with Gasteiger partial charge in [-0.1, -0.05) is 6.07 Å². The van der Waals surface area contributed by atoms with Crippen LogP contribution in [0.5, 0.6) is 0 Å². The molecule has 2 N–H and O–H groups in total. The van der Waals surface area contributed by atoms with Crippen LogP contribution < -0.4 is 14.9 Å². The first-order chi connectivity index (χ1) is 14.4. The van der Waals surface area contributed by atoms with Gasteiger partial charge in [0.1, 0.15) is 5.82 Å². The van der Waals surface area contributed by atoms with E-state index in [9.17, 15) is 9.18 Å². The molecule has 1 aromatic heterocycles. The van der Waals surface area contributed by atoms with Crippen molar-refractivity contribution in [1.29, 1.82) is 0 Å². The molecule has 30 heavy (non-hydrogen) atoms. The van der Waals surface area contributed by atoms with Crippen LogP contribution in [-0.4, -0.2) is 28.7 Å². The number of carbonyl (C=O) groups is 1. The molecule has 3 aliphatic rings. The lowest BCUT2D eigenvalue weighted by Crippen LogP contribution is -2.35. The Hall–Kier alpha value is -2.28. The maximum atomic E-state index is 13.4. The van der Waals surface area contributed by atoms with Gasteiger partial charge >= 0.3 is 0 Å². The van der Waals surface area contributed by atoms with Gasteiger partial charge in [-0.25, -0.2) is 4.98 Å². The normalized spacial score (nSPS) is 20.7. The van der Waals surface area contributed by atoms with Gasteiger partial charge in [-0.05, 0) is 93.1 Å². The van der Waals surface area contributed by atoms with Crippen molar-refractivity contribution in [3.8, 4) is 0 Å². The Morgan fingerprint density at radius 3 is 2.53 bits per heavy atom. The fourth-order valence-electron chi connectivity index (χ4n) is 4.07. The predicted octanol–water partition coefficient (Wildman–Crippen LogP) is 5.47. The number of rotatable bonds is 6. The molecule has 1 saturated heterocycles. The molecule has 1 aromatic carbocycles. The topological polar surface area (TPSA) is 57.3 Å². The van der Waals surface area contributed by atoms with Crippen LogP contribution in [0.3, 0.4) is 0 Å². The van der Waals surface area contributed by atoms with E-state index in [1.54, 1.807) is 24.1 Å². The second kappa shape index (κ2) is 7.45. The highest BCUT2D eigenvalue weighted by Gasteiger charge is 2.44. The molecule has 3 fully saturated rings. The molecule has 158 valence electrons. The number of carbonyl (C=O) groups excluding carboxylic acids is 1. The van der Waals surface area contributed by atoms with Gasteiger partial charge in [-0.15, -0.1) is 0 Å². The molecule has 0 radical (unpaired) electrons. The summed E-state index contributed by atoms with van der Waals surface area (Å²) in [6.07, 6.45) is 7.51. The summed E-state index contributed by atoms with van der Waals surface area (Å²) in [4.78, 5) is 19.1. The third-order valence-electron chi connectivity index (χ3n) is 6.69. The molecule has 2 saturated carbocycles. The summed E-state index contributed by atoms with van der Waals surface area (Å²) >= 11 is 1.76. The monoisotopic (exact) mass is 426 g/mol. The number of hydrogen-bond donors (Lipinski definition) is 2. The third kappa shape index (κ3) is 4.26. The first kappa shape index (κ1) is 19.7. The standard InChI is InChI=1S/C23H27FN4OS/c1-22(7-8-22)30-27-16-5-6-17(21(29)26-20-4-2-3-19(24)25-20)18(15-16)28-13-11-23(9-10-23)12-14-28/h2-6,15,27H,7-14H2,1H3,(H,25,26,29).